The Morgan fingerprint density at radius 2 is 1.95 bits per heavy atom. The van der Waals surface area contributed by atoms with Crippen molar-refractivity contribution >= 4 is 29.4 Å². The van der Waals surface area contributed by atoms with Crippen molar-refractivity contribution in [2.45, 2.75) is 19.3 Å². The molecule has 0 unspecified atom stereocenters. The molecule has 19 heavy (non-hydrogen) atoms. The van der Waals surface area contributed by atoms with Crippen LogP contribution in [-0.2, 0) is 25.6 Å². The summed E-state index contributed by atoms with van der Waals surface area (Å²) in [4.78, 5) is 38.7. The summed E-state index contributed by atoms with van der Waals surface area (Å²) in [5, 5.41) is 10.0. The SMILES string of the molecule is O=C(Cc1ccc(Cl)c(O)c1)ON1C(=O)CCC1=O. The molecule has 1 heterocycles. The van der Waals surface area contributed by atoms with E-state index >= 15 is 0 Å². The van der Waals surface area contributed by atoms with E-state index in [9.17, 15) is 19.5 Å². The van der Waals surface area contributed by atoms with Gasteiger partial charge in [-0.1, -0.05) is 17.7 Å². The van der Waals surface area contributed by atoms with E-state index < -0.39 is 17.8 Å². The summed E-state index contributed by atoms with van der Waals surface area (Å²) >= 11 is 5.63. The molecular weight excluding hydrogens is 274 g/mol. The third-order valence-electron chi connectivity index (χ3n) is 2.56. The van der Waals surface area contributed by atoms with Crippen molar-refractivity contribution in [3.63, 3.8) is 0 Å². The van der Waals surface area contributed by atoms with Gasteiger partial charge in [0.05, 0.1) is 11.4 Å². The second-order valence-corrected chi connectivity index (χ2v) is 4.41. The van der Waals surface area contributed by atoms with Gasteiger partial charge in [0.1, 0.15) is 5.75 Å². The molecule has 100 valence electrons. The first kappa shape index (κ1) is 13.4. The number of carbonyl (C=O) groups excluding carboxylic acids is 3. The van der Waals surface area contributed by atoms with Crippen molar-refractivity contribution in [3.05, 3.63) is 28.8 Å². The first-order valence-corrected chi connectivity index (χ1v) is 5.89. The van der Waals surface area contributed by atoms with E-state index in [1.165, 1.54) is 18.2 Å². The van der Waals surface area contributed by atoms with Crippen LogP contribution in [0, 0.1) is 0 Å². The van der Waals surface area contributed by atoms with Gasteiger partial charge < -0.3 is 9.94 Å². The largest absolute Gasteiger partial charge is 0.506 e. The standard InChI is InChI=1S/C12H10ClNO5/c13-8-2-1-7(5-9(8)15)6-12(18)19-14-10(16)3-4-11(14)17/h1-2,5,15H,3-4,6H2. The topological polar surface area (TPSA) is 83.9 Å². The maximum absolute atomic E-state index is 11.6. The Morgan fingerprint density at radius 1 is 1.32 bits per heavy atom. The molecule has 0 saturated carbocycles. The van der Waals surface area contributed by atoms with Crippen LogP contribution in [0.3, 0.4) is 0 Å². The molecule has 2 amide bonds. The fourth-order valence-corrected chi connectivity index (χ4v) is 1.74. The van der Waals surface area contributed by atoms with Crippen LogP contribution in [0.2, 0.25) is 5.02 Å². The van der Waals surface area contributed by atoms with Crippen molar-refractivity contribution in [3.8, 4) is 5.75 Å². The predicted molar refractivity (Wildman–Crippen MR) is 64.0 cm³/mol. The van der Waals surface area contributed by atoms with E-state index in [1.807, 2.05) is 0 Å². The number of carbonyl (C=O) groups is 3. The number of phenolic OH excluding ortho intramolecular Hbond substituents is 1. The van der Waals surface area contributed by atoms with Gasteiger partial charge in [-0.3, -0.25) is 9.59 Å². The lowest BCUT2D eigenvalue weighted by atomic mass is 10.1. The zero-order valence-corrected chi connectivity index (χ0v) is 10.5. The number of hydrogen-bond donors (Lipinski definition) is 1. The first-order valence-electron chi connectivity index (χ1n) is 5.51. The monoisotopic (exact) mass is 283 g/mol. The quantitative estimate of drug-likeness (QED) is 0.843. The highest BCUT2D eigenvalue weighted by atomic mass is 35.5. The first-order chi connectivity index (χ1) is 8.97. The Hall–Kier alpha value is -2.08. The Bertz CT molecular complexity index is 541. The van der Waals surface area contributed by atoms with Crippen molar-refractivity contribution in [1.29, 1.82) is 0 Å². The molecule has 0 atom stereocenters. The molecule has 0 spiro atoms. The van der Waals surface area contributed by atoms with Gasteiger partial charge in [0, 0.05) is 12.8 Å². The van der Waals surface area contributed by atoms with Crippen molar-refractivity contribution in [2.24, 2.45) is 0 Å². The van der Waals surface area contributed by atoms with Crippen LogP contribution in [0.5, 0.6) is 5.75 Å². The van der Waals surface area contributed by atoms with E-state index in [4.69, 9.17) is 16.4 Å². The molecule has 1 aromatic rings. The molecule has 1 aliphatic heterocycles. The summed E-state index contributed by atoms with van der Waals surface area (Å²) in [6.45, 7) is 0. The Balaban J connectivity index is 1.99. The predicted octanol–water partition coefficient (Wildman–Crippen LogP) is 1.20. The summed E-state index contributed by atoms with van der Waals surface area (Å²) in [5.74, 6) is -1.97. The van der Waals surface area contributed by atoms with E-state index in [0.717, 1.165) is 0 Å². The Labute approximate surface area is 113 Å². The molecule has 2 rings (SSSR count). The number of rotatable bonds is 3. The lowest BCUT2D eigenvalue weighted by Crippen LogP contribution is -2.32. The summed E-state index contributed by atoms with van der Waals surface area (Å²) in [5.41, 5.74) is 0.464. The molecule has 7 heteroatoms. The van der Waals surface area contributed by atoms with Gasteiger partial charge in [-0.2, -0.15) is 0 Å². The molecule has 1 aromatic carbocycles. The number of halogens is 1. The lowest BCUT2D eigenvalue weighted by Gasteiger charge is -2.12. The average molecular weight is 284 g/mol. The van der Waals surface area contributed by atoms with Crippen molar-refractivity contribution < 1.29 is 24.3 Å². The summed E-state index contributed by atoms with van der Waals surface area (Å²) < 4.78 is 0. The molecule has 1 fully saturated rings. The Kier molecular flexibility index (Phi) is 3.71. The smallest absolute Gasteiger partial charge is 0.337 e. The third kappa shape index (κ3) is 3.03. The second-order valence-electron chi connectivity index (χ2n) is 4.01. The average Bonchev–Trinajstić information content (AvgIpc) is 2.66. The van der Waals surface area contributed by atoms with Gasteiger partial charge in [-0.15, -0.1) is 5.06 Å². The van der Waals surface area contributed by atoms with Gasteiger partial charge in [0.25, 0.3) is 11.8 Å². The van der Waals surface area contributed by atoms with E-state index in [0.29, 0.717) is 10.6 Å². The number of hydroxylamine groups is 2. The highest BCUT2D eigenvalue weighted by molar-refractivity contribution is 6.32. The van der Waals surface area contributed by atoms with Gasteiger partial charge in [-0.25, -0.2) is 4.79 Å². The van der Waals surface area contributed by atoms with Crippen LogP contribution < -0.4 is 0 Å². The number of amides is 2. The molecule has 6 nitrogen and oxygen atoms in total. The number of aromatic hydroxyl groups is 1. The Morgan fingerprint density at radius 3 is 2.53 bits per heavy atom. The highest BCUT2D eigenvalue weighted by Gasteiger charge is 2.32. The maximum Gasteiger partial charge on any atom is 0.337 e. The fourth-order valence-electron chi connectivity index (χ4n) is 1.63. The van der Waals surface area contributed by atoms with Crippen LogP contribution >= 0.6 is 11.6 Å². The van der Waals surface area contributed by atoms with Crippen LogP contribution in [0.1, 0.15) is 18.4 Å². The number of phenols is 1. The van der Waals surface area contributed by atoms with E-state index in [-0.39, 0.29) is 30.0 Å². The van der Waals surface area contributed by atoms with Crippen LogP contribution in [0.4, 0.5) is 0 Å². The van der Waals surface area contributed by atoms with Gasteiger partial charge in [0.2, 0.25) is 0 Å². The van der Waals surface area contributed by atoms with Crippen LogP contribution in [0.15, 0.2) is 18.2 Å². The number of hydrogen-bond acceptors (Lipinski definition) is 5. The molecular formula is C12H10ClNO5. The minimum absolute atomic E-state index is 0.0495. The zero-order chi connectivity index (χ0) is 14.0. The van der Waals surface area contributed by atoms with Gasteiger partial charge >= 0.3 is 5.97 Å². The molecule has 0 aliphatic carbocycles. The zero-order valence-electron chi connectivity index (χ0n) is 9.76. The fraction of sp³-hybridized carbons (Fsp3) is 0.250. The van der Waals surface area contributed by atoms with Crippen molar-refractivity contribution in [2.75, 3.05) is 0 Å². The number of nitrogens with zero attached hydrogens (tertiary/aromatic N) is 1. The van der Waals surface area contributed by atoms with Crippen LogP contribution in [0.25, 0.3) is 0 Å². The van der Waals surface area contributed by atoms with E-state index in [2.05, 4.69) is 0 Å². The lowest BCUT2D eigenvalue weighted by molar-refractivity contribution is -0.197. The molecule has 0 aromatic heterocycles. The minimum Gasteiger partial charge on any atom is -0.506 e. The molecule has 0 radical (unpaired) electrons. The second kappa shape index (κ2) is 5.27. The summed E-state index contributed by atoms with van der Waals surface area (Å²) in [6.07, 6.45) is -0.0799. The highest BCUT2D eigenvalue weighted by Crippen LogP contribution is 2.24. The number of imide groups is 1. The number of benzene rings is 1. The third-order valence-corrected chi connectivity index (χ3v) is 2.88. The maximum atomic E-state index is 11.6. The summed E-state index contributed by atoms with van der Waals surface area (Å²) in [7, 11) is 0. The molecule has 0 bridgehead atoms. The van der Waals surface area contributed by atoms with Gasteiger partial charge in [-0.05, 0) is 17.7 Å². The molecule has 1 N–H and O–H groups in total. The van der Waals surface area contributed by atoms with Crippen LogP contribution in [-0.4, -0.2) is 28.0 Å². The van der Waals surface area contributed by atoms with Crippen molar-refractivity contribution in [1.82, 2.24) is 5.06 Å². The molecule has 1 saturated heterocycles. The minimum atomic E-state index is -0.759. The van der Waals surface area contributed by atoms with Gasteiger partial charge in [0.15, 0.2) is 0 Å². The molecule has 1 aliphatic rings. The normalized spacial score (nSPS) is 14.9. The van der Waals surface area contributed by atoms with E-state index in [1.54, 1.807) is 0 Å². The summed E-state index contributed by atoms with van der Waals surface area (Å²) in [6, 6.07) is 4.29.